The molecular formula is C21H24ClN5. The lowest BCUT2D eigenvalue weighted by Crippen LogP contribution is -2.49. The number of imidazole rings is 1. The molecule has 0 unspecified atom stereocenters. The molecule has 140 valence electrons. The van der Waals surface area contributed by atoms with Crippen LogP contribution in [0.3, 0.4) is 0 Å². The van der Waals surface area contributed by atoms with Crippen molar-refractivity contribution in [3.63, 3.8) is 0 Å². The minimum atomic E-state index is 0.591. The molecule has 5 nitrogen and oxygen atoms in total. The number of halogens is 1. The average molecular weight is 382 g/mol. The number of nitrogens with zero attached hydrogens (tertiary/aromatic N) is 5. The zero-order valence-electron chi connectivity index (χ0n) is 15.8. The lowest BCUT2D eigenvalue weighted by atomic mass is 10.1. The van der Waals surface area contributed by atoms with Crippen LogP contribution in [0.15, 0.2) is 43.1 Å². The van der Waals surface area contributed by atoms with E-state index >= 15 is 0 Å². The Balaban J connectivity index is 1.62. The molecule has 1 aliphatic heterocycles. The van der Waals surface area contributed by atoms with E-state index in [1.165, 1.54) is 0 Å². The second kappa shape index (κ2) is 7.33. The molecule has 0 N–H and O–H groups in total. The molecule has 0 spiro atoms. The van der Waals surface area contributed by atoms with Gasteiger partial charge >= 0.3 is 0 Å². The Labute approximate surface area is 164 Å². The SMILES string of the molecule is C=Cc1ccc2ncc(-c3ccc(N4CCN(C(C)C)CC4)c(Cl)c3)n2n1. The van der Waals surface area contributed by atoms with Crippen molar-refractivity contribution in [2.45, 2.75) is 19.9 Å². The number of fused-ring (bicyclic) bond motifs is 1. The maximum Gasteiger partial charge on any atom is 0.154 e. The van der Waals surface area contributed by atoms with Crippen LogP contribution in [0.4, 0.5) is 5.69 Å². The summed E-state index contributed by atoms with van der Waals surface area (Å²) in [5.74, 6) is 0. The maximum atomic E-state index is 6.67. The third-order valence-electron chi connectivity index (χ3n) is 5.22. The highest BCUT2D eigenvalue weighted by Gasteiger charge is 2.21. The molecule has 0 radical (unpaired) electrons. The number of rotatable bonds is 4. The molecular weight excluding hydrogens is 358 g/mol. The number of piperazine rings is 1. The van der Waals surface area contributed by atoms with Gasteiger partial charge in [-0.1, -0.05) is 24.2 Å². The Morgan fingerprint density at radius 1 is 1.11 bits per heavy atom. The average Bonchev–Trinajstić information content (AvgIpc) is 3.11. The lowest BCUT2D eigenvalue weighted by Gasteiger charge is -2.38. The summed E-state index contributed by atoms with van der Waals surface area (Å²) in [6.07, 6.45) is 3.57. The molecule has 0 aliphatic carbocycles. The minimum absolute atomic E-state index is 0.591. The minimum Gasteiger partial charge on any atom is -0.368 e. The number of aromatic nitrogens is 3. The summed E-state index contributed by atoms with van der Waals surface area (Å²) in [7, 11) is 0. The topological polar surface area (TPSA) is 36.7 Å². The molecule has 4 rings (SSSR count). The summed E-state index contributed by atoms with van der Waals surface area (Å²) in [6, 6.07) is 10.7. The predicted molar refractivity (Wildman–Crippen MR) is 112 cm³/mol. The van der Waals surface area contributed by atoms with E-state index in [0.29, 0.717) is 6.04 Å². The molecule has 1 saturated heterocycles. The first kappa shape index (κ1) is 18.0. The van der Waals surface area contributed by atoms with Crippen molar-refractivity contribution in [2.75, 3.05) is 31.1 Å². The van der Waals surface area contributed by atoms with Crippen LogP contribution in [0, 0.1) is 0 Å². The van der Waals surface area contributed by atoms with Crippen LogP contribution in [0.25, 0.3) is 23.0 Å². The molecule has 1 aromatic carbocycles. The Morgan fingerprint density at radius 3 is 2.56 bits per heavy atom. The van der Waals surface area contributed by atoms with E-state index in [0.717, 1.165) is 59.5 Å². The van der Waals surface area contributed by atoms with Gasteiger partial charge in [0.2, 0.25) is 0 Å². The van der Waals surface area contributed by atoms with Gasteiger partial charge in [-0.3, -0.25) is 4.90 Å². The Kier molecular flexibility index (Phi) is 4.89. The quantitative estimate of drug-likeness (QED) is 0.677. The van der Waals surface area contributed by atoms with Gasteiger partial charge in [0.05, 0.1) is 28.3 Å². The van der Waals surface area contributed by atoms with Crippen LogP contribution in [0.2, 0.25) is 5.02 Å². The molecule has 0 bridgehead atoms. The van der Waals surface area contributed by atoms with Crippen molar-refractivity contribution in [3.8, 4) is 11.3 Å². The Bertz CT molecular complexity index is 970. The number of hydrogen-bond donors (Lipinski definition) is 0. The zero-order valence-corrected chi connectivity index (χ0v) is 16.5. The van der Waals surface area contributed by atoms with Crippen LogP contribution in [0.1, 0.15) is 19.5 Å². The van der Waals surface area contributed by atoms with Gasteiger partial charge in [-0.25, -0.2) is 9.50 Å². The van der Waals surface area contributed by atoms with E-state index < -0.39 is 0 Å². The van der Waals surface area contributed by atoms with E-state index in [-0.39, 0.29) is 0 Å². The predicted octanol–water partition coefficient (Wildman–Crippen LogP) is 4.22. The Morgan fingerprint density at radius 2 is 1.89 bits per heavy atom. The van der Waals surface area contributed by atoms with E-state index in [1.807, 2.05) is 28.9 Å². The highest BCUT2D eigenvalue weighted by Crippen LogP contribution is 2.32. The first-order chi connectivity index (χ1) is 13.1. The largest absolute Gasteiger partial charge is 0.368 e. The molecule has 3 aromatic rings. The second-order valence-electron chi connectivity index (χ2n) is 7.16. The molecule has 3 heterocycles. The normalized spacial score (nSPS) is 15.6. The summed E-state index contributed by atoms with van der Waals surface area (Å²) >= 11 is 6.67. The molecule has 6 heteroatoms. The van der Waals surface area contributed by atoms with E-state index in [4.69, 9.17) is 11.6 Å². The van der Waals surface area contributed by atoms with Crippen LogP contribution >= 0.6 is 11.6 Å². The van der Waals surface area contributed by atoms with Gasteiger partial charge in [0.25, 0.3) is 0 Å². The summed E-state index contributed by atoms with van der Waals surface area (Å²) in [5.41, 5.74) is 4.64. The van der Waals surface area contributed by atoms with Crippen LogP contribution < -0.4 is 4.90 Å². The molecule has 27 heavy (non-hydrogen) atoms. The molecule has 0 saturated carbocycles. The number of hydrogen-bond acceptors (Lipinski definition) is 4. The van der Waals surface area contributed by atoms with Crippen molar-refractivity contribution in [3.05, 3.63) is 53.8 Å². The Hall–Kier alpha value is -2.37. The van der Waals surface area contributed by atoms with Crippen molar-refractivity contribution >= 4 is 29.0 Å². The first-order valence-corrected chi connectivity index (χ1v) is 9.71. The summed E-state index contributed by atoms with van der Waals surface area (Å²) < 4.78 is 1.84. The fourth-order valence-corrected chi connectivity index (χ4v) is 3.90. The third kappa shape index (κ3) is 3.45. The standard InChI is InChI=1S/C21H24ClN5/c1-4-17-6-8-21-23-14-20(27(21)24-17)16-5-7-19(18(22)13-16)26-11-9-25(10-12-26)15(2)3/h4-8,13-15H,1,9-12H2,2-3H3. The first-order valence-electron chi connectivity index (χ1n) is 9.33. The number of anilines is 1. The van der Waals surface area contributed by atoms with Gasteiger partial charge in [-0.05, 0) is 44.2 Å². The molecule has 0 amide bonds. The lowest BCUT2D eigenvalue weighted by molar-refractivity contribution is 0.209. The van der Waals surface area contributed by atoms with Crippen LogP contribution in [-0.4, -0.2) is 51.7 Å². The second-order valence-corrected chi connectivity index (χ2v) is 7.57. The van der Waals surface area contributed by atoms with Gasteiger partial charge in [-0.2, -0.15) is 5.10 Å². The monoisotopic (exact) mass is 381 g/mol. The summed E-state index contributed by atoms with van der Waals surface area (Å²) in [6.45, 7) is 12.4. The van der Waals surface area contributed by atoms with Crippen molar-refractivity contribution in [1.29, 1.82) is 0 Å². The van der Waals surface area contributed by atoms with E-state index in [9.17, 15) is 0 Å². The fourth-order valence-electron chi connectivity index (χ4n) is 3.60. The molecule has 1 fully saturated rings. The smallest absolute Gasteiger partial charge is 0.154 e. The molecule has 1 aliphatic rings. The van der Waals surface area contributed by atoms with Gasteiger partial charge in [-0.15, -0.1) is 0 Å². The molecule has 0 atom stereocenters. The van der Waals surface area contributed by atoms with Crippen molar-refractivity contribution in [2.24, 2.45) is 0 Å². The van der Waals surface area contributed by atoms with Crippen molar-refractivity contribution < 1.29 is 0 Å². The van der Waals surface area contributed by atoms with Gasteiger partial charge < -0.3 is 4.90 Å². The maximum absolute atomic E-state index is 6.67. The van der Waals surface area contributed by atoms with Gasteiger partial charge in [0, 0.05) is 37.8 Å². The van der Waals surface area contributed by atoms with Crippen LogP contribution in [0.5, 0.6) is 0 Å². The fraction of sp³-hybridized carbons (Fsp3) is 0.333. The number of benzene rings is 1. The van der Waals surface area contributed by atoms with Crippen molar-refractivity contribution in [1.82, 2.24) is 19.5 Å². The highest BCUT2D eigenvalue weighted by atomic mass is 35.5. The van der Waals surface area contributed by atoms with Crippen LogP contribution in [-0.2, 0) is 0 Å². The highest BCUT2D eigenvalue weighted by molar-refractivity contribution is 6.33. The van der Waals surface area contributed by atoms with E-state index in [2.05, 4.69) is 52.4 Å². The zero-order chi connectivity index (χ0) is 19.0. The third-order valence-corrected chi connectivity index (χ3v) is 5.52. The van der Waals surface area contributed by atoms with Gasteiger partial charge in [0.1, 0.15) is 0 Å². The summed E-state index contributed by atoms with van der Waals surface area (Å²) in [4.78, 5) is 9.31. The molecule has 2 aromatic heterocycles. The summed E-state index contributed by atoms with van der Waals surface area (Å²) in [5, 5.41) is 5.34. The van der Waals surface area contributed by atoms with E-state index in [1.54, 1.807) is 6.08 Å². The van der Waals surface area contributed by atoms with Gasteiger partial charge in [0.15, 0.2) is 5.65 Å².